The predicted molar refractivity (Wildman–Crippen MR) is 111 cm³/mol. The smallest absolute Gasteiger partial charge is 0.325 e. The van der Waals surface area contributed by atoms with Crippen LogP contribution in [0.5, 0.6) is 11.5 Å². The summed E-state index contributed by atoms with van der Waals surface area (Å²) in [6, 6.07) is 11.0. The van der Waals surface area contributed by atoms with Crippen molar-refractivity contribution in [3.63, 3.8) is 0 Å². The number of aromatic nitrogens is 1. The Hall–Kier alpha value is -2.78. The van der Waals surface area contributed by atoms with E-state index in [-0.39, 0.29) is 19.2 Å². The topological polar surface area (TPSA) is 79.1 Å². The number of methoxy groups -OCH3 is 1. The zero-order chi connectivity index (χ0) is 20.4. The number of hydrogen-bond acceptors (Lipinski definition) is 7. The summed E-state index contributed by atoms with van der Waals surface area (Å²) in [5.41, 5.74) is 1.27. The Morgan fingerprint density at radius 1 is 1.24 bits per heavy atom. The van der Waals surface area contributed by atoms with Crippen molar-refractivity contribution in [3.8, 4) is 11.5 Å². The molecule has 1 aromatic heterocycles. The first-order chi connectivity index (χ1) is 14.1. The van der Waals surface area contributed by atoms with Crippen molar-refractivity contribution in [3.05, 3.63) is 46.8 Å². The molecule has 0 bridgehead atoms. The van der Waals surface area contributed by atoms with E-state index in [0.29, 0.717) is 21.9 Å². The Labute approximate surface area is 174 Å². The van der Waals surface area contributed by atoms with Crippen LogP contribution < -0.4 is 14.3 Å². The third kappa shape index (κ3) is 3.88. The molecule has 1 aliphatic rings. The average Bonchev–Trinajstić information content (AvgIpc) is 3.31. The van der Waals surface area contributed by atoms with Crippen molar-refractivity contribution in [1.29, 1.82) is 0 Å². The lowest BCUT2D eigenvalue weighted by Gasteiger charge is -2.05. The largest absolute Gasteiger partial charge is 0.468 e. The van der Waals surface area contributed by atoms with E-state index in [0.717, 1.165) is 20.9 Å². The molecule has 1 aliphatic heterocycles. The van der Waals surface area contributed by atoms with Gasteiger partial charge in [0.05, 0.1) is 22.9 Å². The molecule has 150 valence electrons. The Morgan fingerprint density at radius 2 is 2.00 bits per heavy atom. The number of nitrogens with zero attached hydrogens (tertiary/aromatic N) is 2. The maximum atomic E-state index is 12.9. The monoisotopic (exact) mass is 430 g/mol. The summed E-state index contributed by atoms with van der Waals surface area (Å²) in [6.07, 6.45) is 0. The second-order valence-electron chi connectivity index (χ2n) is 6.07. The van der Waals surface area contributed by atoms with Gasteiger partial charge in [-0.1, -0.05) is 30.4 Å². The van der Waals surface area contributed by atoms with Crippen LogP contribution in [0.1, 0.15) is 17.3 Å². The number of thiazole rings is 1. The molecule has 4 rings (SSSR count). The molecular formula is C20H18N2O5S2. The molecule has 0 N–H and O–H groups in total. The normalized spacial score (nSPS) is 13.1. The highest BCUT2D eigenvalue weighted by atomic mass is 32.2. The summed E-state index contributed by atoms with van der Waals surface area (Å²) in [7, 11) is 1.33. The minimum absolute atomic E-state index is 0.0619. The molecule has 9 heteroatoms. The molecule has 29 heavy (non-hydrogen) atoms. The van der Waals surface area contributed by atoms with E-state index in [2.05, 4.69) is 4.99 Å². The van der Waals surface area contributed by atoms with E-state index in [1.165, 1.54) is 18.4 Å². The third-order valence-corrected chi connectivity index (χ3v) is 6.30. The SMILES string of the molecule is CCSc1ccccc1C(=O)N=c1sc2cc3c(cc2n1CC(=O)OC)OCO3. The molecule has 0 aliphatic carbocycles. The second-order valence-corrected chi connectivity index (χ2v) is 8.38. The lowest BCUT2D eigenvalue weighted by Crippen LogP contribution is -2.22. The highest BCUT2D eigenvalue weighted by Gasteiger charge is 2.19. The molecule has 7 nitrogen and oxygen atoms in total. The number of esters is 1. The lowest BCUT2D eigenvalue weighted by molar-refractivity contribution is -0.141. The van der Waals surface area contributed by atoms with Gasteiger partial charge >= 0.3 is 5.97 Å². The van der Waals surface area contributed by atoms with Crippen LogP contribution in [0.4, 0.5) is 0 Å². The van der Waals surface area contributed by atoms with Gasteiger partial charge in [0.25, 0.3) is 5.91 Å². The molecule has 0 saturated carbocycles. The molecule has 0 unspecified atom stereocenters. The van der Waals surface area contributed by atoms with Crippen LogP contribution >= 0.6 is 23.1 Å². The summed E-state index contributed by atoms with van der Waals surface area (Å²) in [5, 5.41) is 0. The highest BCUT2D eigenvalue weighted by molar-refractivity contribution is 7.99. The maximum absolute atomic E-state index is 12.9. The van der Waals surface area contributed by atoms with Crippen molar-refractivity contribution >= 4 is 45.2 Å². The molecule has 2 aromatic carbocycles. The zero-order valence-corrected chi connectivity index (χ0v) is 17.5. The van der Waals surface area contributed by atoms with E-state index in [1.54, 1.807) is 28.5 Å². The van der Waals surface area contributed by atoms with Crippen LogP contribution in [0.3, 0.4) is 0 Å². The van der Waals surface area contributed by atoms with Crippen LogP contribution in [0.2, 0.25) is 0 Å². The van der Waals surface area contributed by atoms with Crippen LogP contribution in [0.15, 0.2) is 46.3 Å². The van der Waals surface area contributed by atoms with Crippen molar-refractivity contribution in [2.24, 2.45) is 4.99 Å². The van der Waals surface area contributed by atoms with Crippen molar-refractivity contribution < 1.29 is 23.8 Å². The van der Waals surface area contributed by atoms with E-state index < -0.39 is 5.97 Å². The van der Waals surface area contributed by atoms with Crippen LogP contribution in [0.25, 0.3) is 10.2 Å². The maximum Gasteiger partial charge on any atom is 0.325 e. The summed E-state index contributed by atoms with van der Waals surface area (Å²) in [6.45, 7) is 2.13. The van der Waals surface area contributed by atoms with Crippen molar-refractivity contribution in [2.75, 3.05) is 19.7 Å². The van der Waals surface area contributed by atoms with Gasteiger partial charge in [0.2, 0.25) is 6.79 Å². The fourth-order valence-corrected chi connectivity index (χ4v) is 4.80. The van der Waals surface area contributed by atoms with Crippen LogP contribution in [-0.2, 0) is 16.1 Å². The van der Waals surface area contributed by atoms with E-state index in [4.69, 9.17) is 14.2 Å². The number of fused-ring (bicyclic) bond motifs is 2. The number of amides is 1. The first kappa shape index (κ1) is 19.5. The Balaban J connectivity index is 1.85. The molecule has 0 fully saturated rings. The summed E-state index contributed by atoms with van der Waals surface area (Å²) >= 11 is 2.90. The first-order valence-corrected chi connectivity index (χ1v) is 10.7. The second kappa shape index (κ2) is 8.30. The number of carbonyl (C=O) groups is 2. The van der Waals surface area contributed by atoms with Gasteiger partial charge in [-0.25, -0.2) is 0 Å². The molecule has 0 atom stereocenters. The average molecular weight is 431 g/mol. The molecule has 0 spiro atoms. The minimum Gasteiger partial charge on any atom is -0.468 e. The first-order valence-electron chi connectivity index (χ1n) is 8.91. The number of thioether (sulfide) groups is 1. The zero-order valence-electron chi connectivity index (χ0n) is 15.8. The summed E-state index contributed by atoms with van der Waals surface area (Å²) < 4.78 is 18.2. The van der Waals surface area contributed by atoms with Gasteiger partial charge in [0.15, 0.2) is 16.3 Å². The Kier molecular flexibility index (Phi) is 5.59. The van der Waals surface area contributed by atoms with Crippen LogP contribution in [0, 0.1) is 0 Å². The van der Waals surface area contributed by atoms with E-state index in [9.17, 15) is 9.59 Å². The number of ether oxygens (including phenoxy) is 3. The van der Waals surface area contributed by atoms with Gasteiger partial charge in [-0.2, -0.15) is 4.99 Å². The Bertz CT molecular complexity index is 1170. The third-order valence-electron chi connectivity index (χ3n) is 4.31. The van der Waals surface area contributed by atoms with Crippen molar-refractivity contribution in [1.82, 2.24) is 4.57 Å². The molecule has 3 aromatic rings. The molecule has 2 heterocycles. The summed E-state index contributed by atoms with van der Waals surface area (Å²) in [5.74, 6) is 1.29. The summed E-state index contributed by atoms with van der Waals surface area (Å²) in [4.78, 5) is 30.6. The number of carbonyl (C=O) groups excluding carboxylic acids is 2. The fraction of sp³-hybridized carbons (Fsp3) is 0.250. The van der Waals surface area contributed by atoms with Crippen LogP contribution in [-0.4, -0.2) is 36.1 Å². The number of benzene rings is 2. The van der Waals surface area contributed by atoms with Gasteiger partial charge in [-0.3, -0.25) is 9.59 Å². The van der Waals surface area contributed by atoms with E-state index in [1.807, 2.05) is 31.2 Å². The Morgan fingerprint density at radius 3 is 2.76 bits per heavy atom. The van der Waals surface area contributed by atoms with E-state index >= 15 is 0 Å². The van der Waals surface area contributed by atoms with Gasteiger partial charge in [0, 0.05) is 17.0 Å². The predicted octanol–water partition coefficient (Wildman–Crippen LogP) is 3.46. The van der Waals surface area contributed by atoms with Gasteiger partial charge < -0.3 is 18.8 Å². The fourth-order valence-electron chi connectivity index (χ4n) is 2.96. The molecule has 1 amide bonds. The molecule has 0 saturated heterocycles. The molecular weight excluding hydrogens is 412 g/mol. The lowest BCUT2D eigenvalue weighted by atomic mass is 10.2. The van der Waals surface area contributed by atoms with Gasteiger partial charge in [-0.05, 0) is 17.9 Å². The number of rotatable bonds is 5. The minimum atomic E-state index is -0.432. The quantitative estimate of drug-likeness (QED) is 0.456. The standard InChI is InChI=1S/C20H18N2O5S2/c1-3-28-16-7-5-4-6-12(16)19(24)21-20-22(10-18(23)25-2)13-8-14-15(27-11-26-14)9-17(13)29-20/h4-9H,3,10-11H2,1-2H3. The van der Waals surface area contributed by atoms with Crippen molar-refractivity contribution in [2.45, 2.75) is 18.4 Å². The number of hydrogen-bond donors (Lipinski definition) is 0. The van der Waals surface area contributed by atoms with Gasteiger partial charge in [0.1, 0.15) is 6.54 Å². The van der Waals surface area contributed by atoms with Gasteiger partial charge in [-0.15, -0.1) is 11.8 Å². The highest BCUT2D eigenvalue weighted by Crippen LogP contribution is 2.37. The molecule has 0 radical (unpaired) electrons.